The van der Waals surface area contributed by atoms with Crippen molar-refractivity contribution in [2.75, 3.05) is 11.6 Å². The molecule has 0 fully saturated rings. The predicted octanol–water partition coefficient (Wildman–Crippen LogP) is 2.14. The van der Waals surface area contributed by atoms with Crippen LogP contribution >= 0.6 is 11.8 Å². The predicted molar refractivity (Wildman–Crippen MR) is 87.5 cm³/mol. The van der Waals surface area contributed by atoms with Crippen molar-refractivity contribution < 1.29 is 18.7 Å². The highest BCUT2D eigenvalue weighted by Crippen LogP contribution is 2.18. The Hall–Kier alpha value is -2.29. The van der Waals surface area contributed by atoms with Gasteiger partial charge in [0.05, 0.1) is 5.75 Å². The SMILES string of the molecule is CC(C)(C)OC(=O)CSc1nnc(COc2ccc(F)cc2)n1N. The molecule has 0 saturated heterocycles. The maximum atomic E-state index is 12.8. The van der Waals surface area contributed by atoms with E-state index in [0.29, 0.717) is 16.7 Å². The lowest BCUT2D eigenvalue weighted by molar-refractivity contribution is -0.151. The second kappa shape index (κ2) is 7.52. The van der Waals surface area contributed by atoms with E-state index in [1.165, 1.54) is 28.9 Å². The van der Waals surface area contributed by atoms with Crippen LogP contribution in [0.25, 0.3) is 0 Å². The fourth-order valence-corrected chi connectivity index (χ4v) is 2.33. The van der Waals surface area contributed by atoms with Crippen LogP contribution in [0.2, 0.25) is 0 Å². The number of rotatable bonds is 6. The quantitative estimate of drug-likeness (QED) is 0.483. The van der Waals surface area contributed by atoms with Crippen LogP contribution in [0.4, 0.5) is 4.39 Å². The number of nitrogen functional groups attached to an aromatic ring is 1. The lowest BCUT2D eigenvalue weighted by Crippen LogP contribution is -2.25. The summed E-state index contributed by atoms with van der Waals surface area (Å²) in [6.45, 7) is 5.46. The van der Waals surface area contributed by atoms with Crippen molar-refractivity contribution in [1.82, 2.24) is 14.9 Å². The zero-order chi connectivity index (χ0) is 17.7. The molecule has 1 aromatic heterocycles. The van der Waals surface area contributed by atoms with E-state index < -0.39 is 5.60 Å². The molecule has 2 N–H and O–H groups in total. The number of nitrogens with zero attached hydrogens (tertiary/aromatic N) is 3. The summed E-state index contributed by atoms with van der Waals surface area (Å²) < 4.78 is 24.7. The van der Waals surface area contributed by atoms with Crippen molar-refractivity contribution in [3.8, 4) is 5.75 Å². The van der Waals surface area contributed by atoms with Gasteiger partial charge in [-0.1, -0.05) is 11.8 Å². The van der Waals surface area contributed by atoms with Crippen molar-refractivity contribution in [1.29, 1.82) is 0 Å². The first-order valence-corrected chi connectivity index (χ1v) is 8.15. The Kier molecular flexibility index (Phi) is 5.66. The number of carbonyl (C=O) groups is 1. The minimum atomic E-state index is -0.539. The zero-order valence-electron chi connectivity index (χ0n) is 13.7. The third kappa shape index (κ3) is 5.41. The minimum Gasteiger partial charge on any atom is -0.486 e. The molecule has 2 aromatic rings. The van der Waals surface area contributed by atoms with Gasteiger partial charge in [0.25, 0.3) is 0 Å². The lowest BCUT2D eigenvalue weighted by Gasteiger charge is -2.19. The van der Waals surface area contributed by atoms with Gasteiger partial charge in [0.15, 0.2) is 5.82 Å². The van der Waals surface area contributed by atoms with Gasteiger partial charge in [-0.2, -0.15) is 0 Å². The summed E-state index contributed by atoms with van der Waals surface area (Å²) in [5.41, 5.74) is -0.539. The fourth-order valence-electron chi connectivity index (χ4n) is 1.68. The van der Waals surface area contributed by atoms with Crippen LogP contribution < -0.4 is 10.6 Å². The van der Waals surface area contributed by atoms with E-state index in [-0.39, 0.29) is 24.1 Å². The molecule has 1 heterocycles. The molecule has 1 aromatic carbocycles. The van der Waals surface area contributed by atoms with Gasteiger partial charge < -0.3 is 15.3 Å². The molecule has 0 aliphatic heterocycles. The molecule has 0 atom stereocenters. The molecule has 2 rings (SSSR count). The van der Waals surface area contributed by atoms with E-state index in [2.05, 4.69) is 10.2 Å². The van der Waals surface area contributed by atoms with Gasteiger partial charge in [-0.25, -0.2) is 9.07 Å². The smallest absolute Gasteiger partial charge is 0.316 e. The van der Waals surface area contributed by atoms with Crippen molar-refractivity contribution >= 4 is 17.7 Å². The summed E-state index contributed by atoms with van der Waals surface area (Å²) >= 11 is 1.12. The Bertz CT molecular complexity index is 698. The van der Waals surface area contributed by atoms with E-state index in [4.69, 9.17) is 15.3 Å². The maximum Gasteiger partial charge on any atom is 0.316 e. The molecular weight excluding hydrogens is 335 g/mol. The Morgan fingerprint density at radius 1 is 1.29 bits per heavy atom. The number of aromatic nitrogens is 3. The number of halogens is 1. The van der Waals surface area contributed by atoms with Crippen molar-refractivity contribution in [3.63, 3.8) is 0 Å². The molecule has 0 spiro atoms. The van der Waals surface area contributed by atoms with Crippen LogP contribution in [-0.2, 0) is 16.1 Å². The van der Waals surface area contributed by atoms with E-state index >= 15 is 0 Å². The van der Waals surface area contributed by atoms with Gasteiger partial charge in [-0.15, -0.1) is 10.2 Å². The molecule has 24 heavy (non-hydrogen) atoms. The number of esters is 1. The van der Waals surface area contributed by atoms with E-state index in [0.717, 1.165) is 11.8 Å². The van der Waals surface area contributed by atoms with Gasteiger partial charge in [0.1, 0.15) is 23.8 Å². The minimum absolute atomic E-state index is 0.0716. The van der Waals surface area contributed by atoms with Crippen molar-refractivity contribution in [3.05, 3.63) is 35.9 Å². The largest absolute Gasteiger partial charge is 0.486 e. The highest BCUT2D eigenvalue weighted by molar-refractivity contribution is 7.99. The monoisotopic (exact) mass is 354 g/mol. The molecule has 0 bridgehead atoms. The number of ether oxygens (including phenoxy) is 2. The summed E-state index contributed by atoms with van der Waals surface area (Å²) in [5, 5.41) is 8.20. The topological polar surface area (TPSA) is 92.3 Å². The molecule has 0 saturated carbocycles. The fraction of sp³-hybridized carbons (Fsp3) is 0.400. The second-order valence-corrected chi connectivity index (χ2v) is 6.83. The molecule has 0 aliphatic carbocycles. The normalized spacial score (nSPS) is 11.3. The van der Waals surface area contributed by atoms with Crippen LogP contribution in [0.15, 0.2) is 29.4 Å². The number of carbonyl (C=O) groups excluding carboxylic acids is 1. The standard InChI is InChI=1S/C15H19FN4O3S/c1-15(2,3)23-13(21)9-24-14-19-18-12(20(14)17)8-22-11-6-4-10(16)5-7-11/h4-7H,8-9,17H2,1-3H3. The van der Waals surface area contributed by atoms with Gasteiger partial charge in [-0.3, -0.25) is 4.79 Å². The first-order valence-electron chi connectivity index (χ1n) is 7.17. The average Bonchev–Trinajstić information content (AvgIpc) is 2.83. The Balaban J connectivity index is 1.88. The molecule has 0 unspecified atom stereocenters. The highest BCUT2D eigenvalue weighted by atomic mass is 32.2. The van der Waals surface area contributed by atoms with Gasteiger partial charge in [0.2, 0.25) is 5.16 Å². The molecule has 0 amide bonds. The van der Waals surface area contributed by atoms with Crippen LogP contribution in [-0.4, -0.2) is 32.2 Å². The van der Waals surface area contributed by atoms with Gasteiger partial charge >= 0.3 is 5.97 Å². The first-order chi connectivity index (χ1) is 11.2. The maximum absolute atomic E-state index is 12.8. The third-order valence-electron chi connectivity index (χ3n) is 2.66. The van der Waals surface area contributed by atoms with Crippen LogP contribution in [0.5, 0.6) is 5.75 Å². The Morgan fingerprint density at radius 2 is 1.96 bits per heavy atom. The van der Waals surface area contributed by atoms with E-state index in [9.17, 15) is 9.18 Å². The number of thioether (sulfide) groups is 1. The first kappa shape index (κ1) is 18.1. The number of hydrogen-bond acceptors (Lipinski definition) is 7. The summed E-state index contributed by atoms with van der Waals surface area (Å²) in [6, 6.07) is 5.60. The van der Waals surface area contributed by atoms with Gasteiger partial charge in [-0.05, 0) is 45.0 Å². The summed E-state index contributed by atoms with van der Waals surface area (Å²) in [5.74, 6) is 6.12. The Labute approximate surface area is 143 Å². The number of hydrogen-bond donors (Lipinski definition) is 1. The number of nitrogens with two attached hydrogens (primary N) is 1. The Morgan fingerprint density at radius 3 is 2.58 bits per heavy atom. The molecular formula is C15H19FN4O3S. The van der Waals surface area contributed by atoms with Gasteiger partial charge in [0, 0.05) is 0 Å². The van der Waals surface area contributed by atoms with Crippen LogP contribution in [0.3, 0.4) is 0 Å². The summed E-state index contributed by atoms with van der Waals surface area (Å²) in [6.07, 6.45) is 0. The van der Waals surface area contributed by atoms with E-state index in [1.54, 1.807) is 20.8 Å². The number of benzene rings is 1. The van der Waals surface area contributed by atoms with E-state index in [1.807, 2.05) is 0 Å². The summed E-state index contributed by atoms with van der Waals surface area (Å²) in [4.78, 5) is 11.7. The van der Waals surface area contributed by atoms with Crippen molar-refractivity contribution in [2.45, 2.75) is 38.1 Å². The summed E-state index contributed by atoms with van der Waals surface area (Å²) in [7, 11) is 0. The molecule has 9 heteroatoms. The third-order valence-corrected chi connectivity index (χ3v) is 3.57. The average molecular weight is 354 g/mol. The lowest BCUT2D eigenvalue weighted by atomic mass is 10.2. The molecule has 0 aliphatic rings. The molecule has 7 nitrogen and oxygen atoms in total. The van der Waals surface area contributed by atoms with Crippen molar-refractivity contribution in [2.24, 2.45) is 0 Å². The second-order valence-electron chi connectivity index (χ2n) is 5.89. The molecule has 0 radical (unpaired) electrons. The highest BCUT2D eigenvalue weighted by Gasteiger charge is 2.18. The van der Waals surface area contributed by atoms with Crippen LogP contribution in [0.1, 0.15) is 26.6 Å². The zero-order valence-corrected chi connectivity index (χ0v) is 14.5. The van der Waals surface area contributed by atoms with Crippen LogP contribution in [0, 0.1) is 5.82 Å². The molecule has 130 valence electrons.